The third-order valence-corrected chi connectivity index (χ3v) is 4.99. The van der Waals surface area contributed by atoms with Crippen molar-refractivity contribution in [1.29, 1.82) is 0 Å². The first-order chi connectivity index (χ1) is 10.7. The van der Waals surface area contributed by atoms with Gasteiger partial charge >= 0.3 is 0 Å². The Labute approximate surface area is 136 Å². The molecule has 3 aromatic rings. The van der Waals surface area contributed by atoms with Gasteiger partial charge in [-0.3, -0.25) is 0 Å². The standard InChI is InChI=1S/C14H15N5OS2/c1-9-17-18-14(19(9)15)22-8-11-7-21-13(16-11)10-3-5-12(20-2)6-4-10/h3-7H,8,15H2,1-2H3. The molecule has 2 aromatic heterocycles. The molecule has 2 N–H and O–H groups in total. The van der Waals surface area contributed by atoms with Gasteiger partial charge < -0.3 is 10.6 Å². The number of hydrogen-bond acceptors (Lipinski definition) is 7. The van der Waals surface area contributed by atoms with E-state index < -0.39 is 0 Å². The van der Waals surface area contributed by atoms with Crippen molar-refractivity contribution in [2.75, 3.05) is 13.0 Å². The van der Waals surface area contributed by atoms with Crippen molar-refractivity contribution in [2.45, 2.75) is 17.8 Å². The molecule has 1 aromatic carbocycles. The summed E-state index contributed by atoms with van der Waals surface area (Å²) in [4.78, 5) is 4.65. The fourth-order valence-corrected chi connectivity index (χ4v) is 3.55. The van der Waals surface area contributed by atoms with Gasteiger partial charge in [0.05, 0.1) is 12.8 Å². The lowest BCUT2D eigenvalue weighted by molar-refractivity contribution is 0.415. The summed E-state index contributed by atoms with van der Waals surface area (Å²) in [5, 5.41) is 11.7. The lowest BCUT2D eigenvalue weighted by atomic mass is 10.2. The van der Waals surface area contributed by atoms with Gasteiger partial charge in [-0.1, -0.05) is 11.8 Å². The van der Waals surface area contributed by atoms with Crippen LogP contribution >= 0.6 is 23.1 Å². The molecule has 0 aliphatic rings. The van der Waals surface area contributed by atoms with Crippen molar-refractivity contribution in [3.8, 4) is 16.3 Å². The van der Waals surface area contributed by atoms with Gasteiger partial charge in [-0.25, -0.2) is 9.66 Å². The summed E-state index contributed by atoms with van der Waals surface area (Å²) in [6.45, 7) is 1.82. The molecule has 0 saturated heterocycles. The topological polar surface area (TPSA) is 78.9 Å². The maximum Gasteiger partial charge on any atom is 0.210 e. The van der Waals surface area contributed by atoms with Crippen molar-refractivity contribution in [2.24, 2.45) is 0 Å². The number of thiazole rings is 1. The zero-order chi connectivity index (χ0) is 15.5. The number of aryl methyl sites for hydroxylation is 1. The Bertz CT molecular complexity index is 766. The van der Waals surface area contributed by atoms with E-state index in [0.717, 1.165) is 22.0 Å². The maximum atomic E-state index is 5.83. The Morgan fingerprint density at radius 2 is 2.05 bits per heavy atom. The third-order valence-electron chi connectivity index (χ3n) is 3.07. The normalized spacial score (nSPS) is 10.8. The Morgan fingerprint density at radius 1 is 1.27 bits per heavy atom. The molecule has 0 fully saturated rings. The lowest BCUT2D eigenvalue weighted by Gasteiger charge is -2.00. The molecule has 0 bridgehead atoms. The monoisotopic (exact) mass is 333 g/mol. The smallest absolute Gasteiger partial charge is 0.210 e. The summed E-state index contributed by atoms with van der Waals surface area (Å²) < 4.78 is 6.65. The highest BCUT2D eigenvalue weighted by atomic mass is 32.2. The van der Waals surface area contributed by atoms with Crippen molar-refractivity contribution < 1.29 is 4.74 Å². The van der Waals surface area contributed by atoms with Gasteiger partial charge in [0.2, 0.25) is 5.16 Å². The fraction of sp³-hybridized carbons (Fsp3) is 0.214. The number of ether oxygens (including phenoxy) is 1. The van der Waals surface area contributed by atoms with Crippen molar-refractivity contribution >= 4 is 23.1 Å². The van der Waals surface area contributed by atoms with E-state index in [1.54, 1.807) is 18.4 Å². The van der Waals surface area contributed by atoms with Gasteiger partial charge in [0, 0.05) is 16.7 Å². The summed E-state index contributed by atoms with van der Waals surface area (Å²) in [5.41, 5.74) is 2.08. The van der Waals surface area contributed by atoms with Crippen LogP contribution in [0, 0.1) is 6.92 Å². The number of rotatable bonds is 5. The number of aromatic nitrogens is 4. The zero-order valence-corrected chi connectivity index (χ0v) is 13.8. The van der Waals surface area contributed by atoms with E-state index in [-0.39, 0.29) is 0 Å². The molecule has 114 valence electrons. The van der Waals surface area contributed by atoms with Crippen LogP contribution in [0.4, 0.5) is 0 Å². The average Bonchev–Trinajstić information content (AvgIpc) is 3.14. The van der Waals surface area contributed by atoms with E-state index in [9.17, 15) is 0 Å². The number of nitrogens with two attached hydrogens (primary N) is 1. The first-order valence-corrected chi connectivity index (χ1v) is 8.42. The average molecular weight is 333 g/mol. The Kier molecular flexibility index (Phi) is 4.30. The van der Waals surface area contributed by atoms with E-state index in [1.165, 1.54) is 16.4 Å². The van der Waals surface area contributed by atoms with Crippen LogP contribution in [0.1, 0.15) is 11.5 Å². The molecule has 0 atom stereocenters. The summed E-state index contributed by atoms with van der Waals surface area (Å²) in [5.74, 6) is 8.08. The molecule has 3 rings (SSSR count). The van der Waals surface area contributed by atoms with E-state index in [1.807, 2.05) is 31.2 Å². The fourth-order valence-electron chi connectivity index (χ4n) is 1.83. The minimum Gasteiger partial charge on any atom is -0.497 e. The van der Waals surface area contributed by atoms with Gasteiger partial charge in [-0.05, 0) is 31.2 Å². The van der Waals surface area contributed by atoms with E-state index in [0.29, 0.717) is 16.7 Å². The van der Waals surface area contributed by atoms with Crippen molar-refractivity contribution in [1.82, 2.24) is 19.9 Å². The summed E-state index contributed by atoms with van der Waals surface area (Å²) in [6, 6.07) is 7.89. The highest BCUT2D eigenvalue weighted by molar-refractivity contribution is 7.98. The Hall–Kier alpha value is -2.06. The highest BCUT2D eigenvalue weighted by Crippen LogP contribution is 2.28. The molecule has 0 radical (unpaired) electrons. The first kappa shape index (κ1) is 14.9. The molecule has 0 spiro atoms. The number of nitrogens with zero attached hydrogens (tertiary/aromatic N) is 4. The van der Waals surface area contributed by atoms with E-state index in [4.69, 9.17) is 10.6 Å². The number of benzene rings is 1. The molecule has 22 heavy (non-hydrogen) atoms. The molecule has 0 amide bonds. The van der Waals surface area contributed by atoms with Crippen LogP contribution in [0.2, 0.25) is 0 Å². The van der Waals surface area contributed by atoms with Crippen LogP contribution in [0.25, 0.3) is 10.6 Å². The molecule has 8 heteroatoms. The third kappa shape index (κ3) is 3.07. The quantitative estimate of drug-likeness (QED) is 0.571. The molecule has 0 aliphatic carbocycles. The Balaban J connectivity index is 1.69. The van der Waals surface area contributed by atoms with Crippen LogP contribution in [-0.4, -0.2) is 27.0 Å². The summed E-state index contributed by atoms with van der Waals surface area (Å²) in [7, 11) is 1.66. The number of methoxy groups -OCH3 is 1. The van der Waals surface area contributed by atoms with Gasteiger partial charge in [-0.2, -0.15) is 0 Å². The maximum absolute atomic E-state index is 5.83. The lowest BCUT2D eigenvalue weighted by Crippen LogP contribution is -2.11. The Morgan fingerprint density at radius 3 is 2.68 bits per heavy atom. The van der Waals surface area contributed by atoms with Crippen molar-refractivity contribution in [3.63, 3.8) is 0 Å². The van der Waals surface area contributed by atoms with Crippen LogP contribution in [0.15, 0.2) is 34.8 Å². The van der Waals surface area contributed by atoms with Crippen LogP contribution < -0.4 is 10.6 Å². The molecule has 0 aliphatic heterocycles. The van der Waals surface area contributed by atoms with Gasteiger partial charge in [-0.15, -0.1) is 21.5 Å². The SMILES string of the molecule is COc1ccc(-c2nc(CSc3nnc(C)n3N)cs2)cc1. The van der Waals surface area contributed by atoms with Gasteiger partial charge in [0.15, 0.2) is 0 Å². The molecule has 0 saturated carbocycles. The number of hydrogen-bond donors (Lipinski definition) is 1. The second-order valence-electron chi connectivity index (χ2n) is 4.56. The van der Waals surface area contributed by atoms with Gasteiger partial charge in [0.1, 0.15) is 16.6 Å². The van der Waals surface area contributed by atoms with Gasteiger partial charge in [0.25, 0.3) is 0 Å². The van der Waals surface area contributed by atoms with E-state index >= 15 is 0 Å². The molecular weight excluding hydrogens is 318 g/mol. The van der Waals surface area contributed by atoms with Crippen LogP contribution in [-0.2, 0) is 5.75 Å². The predicted molar refractivity (Wildman–Crippen MR) is 88.6 cm³/mol. The zero-order valence-electron chi connectivity index (χ0n) is 12.2. The predicted octanol–water partition coefficient (Wildman–Crippen LogP) is 2.72. The second kappa shape index (κ2) is 6.37. The van der Waals surface area contributed by atoms with Crippen LogP contribution in [0.5, 0.6) is 5.75 Å². The van der Waals surface area contributed by atoms with Crippen LogP contribution in [0.3, 0.4) is 0 Å². The molecular formula is C14H15N5OS2. The van der Waals surface area contributed by atoms with E-state index in [2.05, 4.69) is 20.6 Å². The first-order valence-electron chi connectivity index (χ1n) is 6.56. The number of nitrogen functional groups attached to an aromatic ring is 1. The summed E-state index contributed by atoms with van der Waals surface area (Å²) >= 11 is 3.15. The minimum absolute atomic E-state index is 0.691. The molecule has 2 heterocycles. The minimum atomic E-state index is 0.691. The van der Waals surface area contributed by atoms with Crippen molar-refractivity contribution in [3.05, 3.63) is 41.2 Å². The molecule has 6 nitrogen and oxygen atoms in total. The second-order valence-corrected chi connectivity index (χ2v) is 6.36. The number of thioether (sulfide) groups is 1. The molecule has 0 unspecified atom stereocenters. The highest BCUT2D eigenvalue weighted by Gasteiger charge is 2.09. The largest absolute Gasteiger partial charge is 0.497 e. The summed E-state index contributed by atoms with van der Waals surface area (Å²) in [6.07, 6.45) is 0.